The predicted molar refractivity (Wildman–Crippen MR) is 52.7 cm³/mol. The summed E-state index contributed by atoms with van der Waals surface area (Å²) in [5, 5.41) is -1.24. The van der Waals surface area contributed by atoms with Gasteiger partial charge in [-0.3, -0.25) is 13.5 Å². The lowest BCUT2D eigenvalue weighted by Crippen LogP contribution is -2.18. The van der Waals surface area contributed by atoms with Gasteiger partial charge in [-0.2, -0.15) is 8.42 Å². The Hall–Kier alpha value is -0.570. The minimum atomic E-state index is -4.66. The normalized spacial score (nSPS) is 13.2. The SMILES string of the molecule is CC=CC(=O)S(=O)(=O)OCCOP(=O)(O)O. The fourth-order valence-electron chi connectivity index (χ4n) is 0.577. The summed E-state index contributed by atoms with van der Waals surface area (Å²) in [7, 11) is -9.06. The van der Waals surface area contributed by atoms with E-state index in [4.69, 9.17) is 9.79 Å². The summed E-state index contributed by atoms with van der Waals surface area (Å²) in [6.45, 7) is 0.147. The molecule has 0 heterocycles. The molecule has 0 aromatic carbocycles. The van der Waals surface area contributed by atoms with Crippen LogP contribution in [0.15, 0.2) is 12.2 Å². The van der Waals surface area contributed by atoms with Crippen molar-refractivity contribution in [3.63, 3.8) is 0 Å². The highest BCUT2D eigenvalue weighted by Gasteiger charge is 2.21. The van der Waals surface area contributed by atoms with Gasteiger partial charge in [0.2, 0.25) is 0 Å². The summed E-state index contributed by atoms with van der Waals surface area (Å²) in [6.07, 6.45) is 2.01. The van der Waals surface area contributed by atoms with Gasteiger partial charge in [0.1, 0.15) is 0 Å². The first-order valence-corrected chi connectivity index (χ1v) is 6.89. The van der Waals surface area contributed by atoms with Crippen LogP contribution in [0.5, 0.6) is 0 Å². The van der Waals surface area contributed by atoms with Gasteiger partial charge in [-0.25, -0.2) is 4.57 Å². The molecule has 0 unspecified atom stereocenters. The maximum absolute atomic E-state index is 11.0. The van der Waals surface area contributed by atoms with E-state index in [1.54, 1.807) is 0 Å². The molecule has 0 saturated heterocycles. The minimum Gasteiger partial charge on any atom is -0.303 e. The Labute approximate surface area is 92.2 Å². The number of carbonyl (C=O) groups is 1. The summed E-state index contributed by atoms with van der Waals surface area (Å²) in [5.41, 5.74) is 0. The summed E-state index contributed by atoms with van der Waals surface area (Å²) in [4.78, 5) is 27.4. The van der Waals surface area contributed by atoms with Gasteiger partial charge in [0, 0.05) is 0 Å². The van der Waals surface area contributed by atoms with E-state index in [1.165, 1.54) is 13.0 Å². The van der Waals surface area contributed by atoms with E-state index >= 15 is 0 Å². The van der Waals surface area contributed by atoms with E-state index in [-0.39, 0.29) is 0 Å². The molecule has 0 saturated carbocycles. The Kier molecular flexibility index (Phi) is 6.01. The fraction of sp³-hybridized carbons (Fsp3) is 0.500. The Morgan fingerprint density at radius 1 is 1.38 bits per heavy atom. The van der Waals surface area contributed by atoms with E-state index in [1.807, 2.05) is 0 Å². The molecule has 0 fully saturated rings. The average molecular weight is 274 g/mol. The summed E-state index contributed by atoms with van der Waals surface area (Å²) in [6, 6.07) is 0. The maximum atomic E-state index is 11.0. The molecular weight excluding hydrogens is 263 g/mol. The number of phosphoric ester groups is 1. The molecule has 8 nitrogen and oxygen atoms in total. The zero-order valence-corrected chi connectivity index (χ0v) is 9.98. The first-order valence-electron chi connectivity index (χ1n) is 3.95. The average Bonchev–Trinajstić information content (AvgIpc) is 2.11. The van der Waals surface area contributed by atoms with Crippen LogP contribution in [-0.2, 0) is 28.2 Å². The highest BCUT2D eigenvalue weighted by molar-refractivity contribution is 8.02. The number of rotatable bonds is 6. The van der Waals surface area contributed by atoms with Gasteiger partial charge in [-0.1, -0.05) is 6.08 Å². The Morgan fingerprint density at radius 3 is 2.38 bits per heavy atom. The van der Waals surface area contributed by atoms with Crippen molar-refractivity contribution in [2.24, 2.45) is 0 Å². The highest BCUT2D eigenvalue weighted by Crippen LogP contribution is 2.35. The lowest BCUT2D eigenvalue weighted by molar-refractivity contribution is -0.108. The quantitative estimate of drug-likeness (QED) is 0.288. The van der Waals surface area contributed by atoms with E-state index in [0.29, 0.717) is 0 Å². The lowest BCUT2D eigenvalue weighted by Gasteiger charge is -2.04. The molecule has 94 valence electrons. The molecule has 0 spiro atoms. The predicted octanol–water partition coefficient (Wildman–Crippen LogP) is -0.455. The molecule has 0 amide bonds. The number of allylic oxidation sites excluding steroid dienone is 1. The first-order chi connectivity index (χ1) is 7.19. The molecule has 2 N–H and O–H groups in total. The Balaban J connectivity index is 4.12. The molecule has 0 aliphatic heterocycles. The van der Waals surface area contributed by atoms with Crippen LogP contribution in [0, 0.1) is 0 Å². The van der Waals surface area contributed by atoms with Crippen molar-refractivity contribution in [2.45, 2.75) is 6.92 Å². The third-order valence-corrected chi connectivity index (χ3v) is 2.76. The highest BCUT2D eigenvalue weighted by atomic mass is 32.2. The van der Waals surface area contributed by atoms with Crippen molar-refractivity contribution in [1.82, 2.24) is 0 Å². The molecule has 0 aromatic heterocycles. The monoisotopic (exact) mass is 274 g/mol. The Morgan fingerprint density at radius 2 is 1.94 bits per heavy atom. The second-order valence-corrected chi connectivity index (χ2v) is 5.20. The smallest absolute Gasteiger partial charge is 0.303 e. The maximum Gasteiger partial charge on any atom is 0.469 e. The third-order valence-electron chi connectivity index (χ3n) is 1.13. The van der Waals surface area contributed by atoms with Gasteiger partial charge in [0.15, 0.2) is 0 Å². The molecule has 0 aliphatic carbocycles. The van der Waals surface area contributed by atoms with Crippen LogP contribution in [0.3, 0.4) is 0 Å². The third kappa shape index (κ3) is 6.83. The summed E-state index contributed by atoms with van der Waals surface area (Å²) < 4.78 is 40.2. The minimum absolute atomic E-state index is 0.646. The van der Waals surface area contributed by atoms with Crippen LogP contribution >= 0.6 is 7.82 Å². The largest absolute Gasteiger partial charge is 0.469 e. The zero-order valence-electron chi connectivity index (χ0n) is 8.27. The van der Waals surface area contributed by atoms with Crippen molar-refractivity contribution in [3.8, 4) is 0 Å². The van der Waals surface area contributed by atoms with Crippen LogP contribution in [0.4, 0.5) is 0 Å². The zero-order chi connectivity index (χ0) is 12.8. The Bertz CT molecular complexity index is 404. The molecule has 0 atom stereocenters. The van der Waals surface area contributed by atoms with Gasteiger partial charge in [0.25, 0.3) is 5.12 Å². The van der Waals surface area contributed by atoms with Crippen LogP contribution in [0.2, 0.25) is 0 Å². The molecule has 16 heavy (non-hydrogen) atoms. The standard InChI is InChI=1S/C6H11O8PS/c1-2-3-6(7)16(11,12)14-5-4-13-15(8,9)10/h2-3H,4-5H2,1H3,(H2,8,9,10). The molecule has 0 rings (SSSR count). The van der Waals surface area contributed by atoms with E-state index in [2.05, 4.69) is 8.71 Å². The van der Waals surface area contributed by atoms with Gasteiger partial charge in [0.05, 0.1) is 13.2 Å². The number of hydrogen-bond donors (Lipinski definition) is 2. The van der Waals surface area contributed by atoms with Crippen LogP contribution < -0.4 is 0 Å². The second-order valence-electron chi connectivity index (χ2n) is 2.42. The summed E-state index contributed by atoms with van der Waals surface area (Å²) in [5.74, 6) is 0. The lowest BCUT2D eigenvalue weighted by atomic mass is 10.6. The van der Waals surface area contributed by atoms with Gasteiger partial charge < -0.3 is 9.79 Å². The molecule has 0 radical (unpaired) electrons. The van der Waals surface area contributed by atoms with E-state index in [0.717, 1.165) is 6.08 Å². The van der Waals surface area contributed by atoms with Gasteiger partial charge in [-0.05, 0) is 13.0 Å². The van der Waals surface area contributed by atoms with Crippen LogP contribution in [-0.4, -0.2) is 36.5 Å². The van der Waals surface area contributed by atoms with Crippen molar-refractivity contribution < 1.29 is 36.3 Å². The topological polar surface area (TPSA) is 127 Å². The van der Waals surface area contributed by atoms with E-state index in [9.17, 15) is 17.8 Å². The first kappa shape index (κ1) is 15.4. The molecule has 0 aromatic rings. The van der Waals surface area contributed by atoms with Crippen molar-refractivity contribution >= 4 is 23.1 Å². The van der Waals surface area contributed by atoms with E-state index < -0.39 is 36.3 Å². The van der Waals surface area contributed by atoms with Gasteiger partial charge in [-0.15, -0.1) is 0 Å². The second kappa shape index (κ2) is 6.24. The van der Waals surface area contributed by atoms with Crippen molar-refractivity contribution in [1.29, 1.82) is 0 Å². The van der Waals surface area contributed by atoms with Crippen molar-refractivity contribution in [3.05, 3.63) is 12.2 Å². The molecular formula is C6H11O8PS. The molecule has 0 aliphatic rings. The molecule has 10 heteroatoms. The molecule has 0 bridgehead atoms. The summed E-state index contributed by atoms with van der Waals surface area (Å²) >= 11 is 0. The number of carbonyl (C=O) groups excluding carboxylic acids is 1. The number of hydrogen-bond acceptors (Lipinski definition) is 6. The van der Waals surface area contributed by atoms with Crippen LogP contribution in [0.25, 0.3) is 0 Å². The van der Waals surface area contributed by atoms with Crippen LogP contribution in [0.1, 0.15) is 6.92 Å². The van der Waals surface area contributed by atoms with Gasteiger partial charge >= 0.3 is 17.9 Å². The number of phosphoric acid groups is 1. The van der Waals surface area contributed by atoms with Crippen molar-refractivity contribution in [2.75, 3.05) is 13.2 Å². The fourth-order valence-corrected chi connectivity index (χ4v) is 1.60.